The quantitative estimate of drug-likeness (QED) is 0.0247. The van der Waals surface area contributed by atoms with E-state index in [1.54, 1.807) is 6.92 Å². The molecule has 0 bridgehead atoms. The number of carboxylic acid groups (broad SMARTS) is 1. The van der Waals surface area contributed by atoms with Crippen molar-refractivity contribution in [2.75, 3.05) is 33.0 Å². The number of fused-ring (bicyclic) bond motifs is 7. The Morgan fingerprint density at radius 3 is 1.63 bits per heavy atom. The van der Waals surface area contributed by atoms with E-state index in [0.29, 0.717) is 38.5 Å². The number of carboxylic acids is 1. The molecule has 0 aromatic heterocycles. The molecule has 4 saturated carbocycles. The molecule has 12 fully saturated rings. The Balaban J connectivity index is 0.705. The standard InChI is InChI=1S/C74H116O40/c1-25-38(81)44(87)57(112-64-50(93)45(88)53(26(2)104-64)108-63-52(95)54(31(79)22-101-63)109-62-48(91)42(85)33(23-102-62)106-60-46(89)39(82)29(77)20-99-60)66(103-25)114-68(98)74-16-15-69(3,4)17-28(74)27-9-10-35-70(5)13-12-37(71(6,24-76)34(70)11-14-72(35,7)73(27,8)18-36(74)80)107-67-58(113-65-49(92)43(86)41(84)32(19-75)105-65)55(51(94)56(111-67)59(96)97)110-61-47(90)40(83)30(78)21-100-61/h9,24-26,28-58,60-67,75,77-95H,10-23H2,1-8H3,(H,96,97). The summed E-state index contributed by atoms with van der Waals surface area (Å²) in [7, 11) is 0. The molecule has 114 heavy (non-hydrogen) atoms. The maximum absolute atomic E-state index is 15.8. The summed E-state index contributed by atoms with van der Waals surface area (Å²) in [5.41, 5.74) is -4.92. The highest BCUT2D eigenvalue weighted by molar-refractivity contribution is 5.80. The van der Waals surface area contributed by atoms with Gasteiger partial charge >= 0.3 is 11.9 Å². The molecule has 5 aliphatic carbocycles. The Bertz CT molecular complexity index is 3360. The molecule has 21 N–H and O–H groups in total. The molecule has 652 valence electrons. The smallest absolute Gasteiger partial charge is 0.335 e. The van der Waals surface area contributed by atoms with Gasteiger partial charge in [-0.15, -0.1) is 0 Å². The number of aldehydes is 1. The van der Waals surface area contributed by atoms with Gasteiger partial charge in [0.05, 0.1) is 62.9 Å². The van der Waals surface area contributed by atoms with Crippen LogP contribution < -0.4 is 0 Å². The average molecular weight is 1650 g/mol. The van der Waals surface area contributed by atoms with E-state index >= 15 is 4.79 Å². The first-order chi connectivity index (χ1) is 53.5. The lowest BCUT2D eigenvalue weighted by Gasteiger charge is -2.71. The van der Waals surface area contributed by atoms with Gasteiger partial charge in [-0.05, 0) is 111 Å². The third-order valence-electron chi connectivity index (χ3n) is 28.2. The molecule has 0 aromatic rings. The minimum absolute atomic E-state index is 0.0256. The lowest BCUT2D eigenvalue weighted by molar-refractivity contribution is -0.391. The Hall–Kier alpha value is -3.05. The van der Waals surface area contributed by atoms with Crippen LogP contribution in [0.4, 0.5) is 0 Å². The van der Waals surface area contributed by atoms with Crippen molar-refractivity contribution in [1.82, 2.24) is 0 Å². The number of allylic oxidation sites excluding steroid dienone is 2. The summed E-state index contributed by atoms with van der Waals surface area (Å²) < 4.78 is 94.9. The molecule has 8 aliphatic heterocycles. The van der Waals surface area contributed by atoms with Crippen molar-refractivity contribution in [3.63, 3.8) is 0 Å². The van der Waals surface area contributed by atoms with E-state index in [2.05, 4.69) is 40.7 Å². The number of hydrogen-bond donors (Lipinski definition) is 21. The predicted octanol–water partition coefficient (Wildman–Crippen LogP) is -7.88. The van der Waals surface area contributed by atoms with Crippen LogP contribution >= 0.6 is 0 Å². The van der Waals surface area contributed by atoms with Gasteiger partial charge in [-0.2, -0.15) is 0 Å². The van der Waals surface area contributed by atoms with Crippen molar-refractivity contribution in [1.29, 1.82) is 0 Å². The lowest BCUT2D eigenvalue weighted by atomic mass is 9.33. The average Bonchev–Trinajstić information content (AvgIpc) is 0.669. The van der Waals surface area contributed by atoms with E-state index < -0.39 is 323 Å². The summed E-state index contributed by atoms with van der Waals surface area (Å²) in [5.74, 6) is -4.11. The molecule has 8 heterocycles. The molecule has 8 saturated heterocycles. The zero-order valence-corrected chi connectivity index (χ0v) is 64.4. The van der Waals surface area contributed by atoms with Crippen LogP contribution in [0, 0.1) is 50.2 Å². The number of carbonyl (C=O) groups excluding carboxylic acids is 2. The van der Waals surface area contributed by atoms with Crippen LogP contribution in [0.2, 0.25) is 0 Å². The summed E-state index contributed by atoms with van der Waals surface area (Å²) in [5, 5.41) is 232. The summed E-state index contributed by atoms with van der Waals surface area (Å²) >= 11 is 0. The van der Waals surface area contributed by atoms with E-state index in [9.17, 15) is 117 Å². The van der Waals surface area contributed by atoms with Crippen LogP contribution in [0.15, 0.2) is 11.6 Å². The molecule has 13 aliphatic rings. The summed E-state index contributed by atoms with van der Waals surface area (Å²) in [6, 6.07) is 0. The van der Waals surface area contributed by atoms with E-state index in [-0.39, 0.29) is 25.2 Å². The van der Waals surface area contributed by atoms with Crippen molar-refractivity contribution in [3.8, 4) is 0 Å². The fraction of sp³-hybridized carbons (Fsp3) is 0.932. The van der Waals surface area contributed by atoms with Crippen molar-refractivity contribution in [2.45, 2.75) is 347 Å². The summed E-state index contributed by atoms with van der Waals surface area (Å²) in [6.07, 6.45) is -61.9. The normalized spacial score (nSPS) is 55.1. The molecule has 40 nitrogen and oxygen atoms in total. The van der Waals surface area contributed by atoms with Gasteiger partial charge in [0.1, 0.15) is 158 Å². The molecular formula is C74H116O40. The fourth-order valence-electron chi connectivity index (χ4n) is 21.2. The second-order valence-corrected chi connectivity index (χ2v) is 35.5. The number of rotatable bonds is 19. The molecule has 0 spiro atoms. The zero-order valence-electron chi connectivity index (χ0n) is 64.4. The number of carbonyl (C=O) groups is 3. The van der Waals surface area contributed by atoms with Crippen LogP contribution in [-0.2, 0) is 90.2 Å². The first-order valence-electron chi connectivity index (χ1n) is 39.3. The van der Waals surface area contributed by atoms with Crippen molar-refractivity contribution < 1.29 is 197 Å². The zero-order chi connectivity index (χ0) is 83.0. The lowest BCUT2D eigenvalue weighted by Crippen LogP contribution is -2.69. The van der Waals surface area contributed by atoms with Gasteiger partial charge in [0.25, 0.3) is 0 Å². The van der Waals surface area contributed by atoms with E-state index in [1.807, 2.05) is 0 Å². The second kappa shape index (κ2) is 33.6. The van der Waals surface area contributed by atoms with Gasteiger partial charge < -0.3 is 188 Å². The minimum atomic E-state index is -2.23. The molecule has 13 rings (SSSR count). The minimum Gasteiger partial charge on any atom is -0.479 e. The fourth-order valence-corrected chi connectivity index (χ4v) is 21.2. The molecule has 0 amide bonds. The van der Waals surface area contributed by atoms with E-state index in [0.717, 1.165) is 11.9 Å². The van der Waals surface area contributed by atoms with Crippen LogP contribution in [0.5, 0.6) is 0 Å². The van der Waals surface area contributed by atoms with Crippen LogP contribution in [0.3, 0.4) is 0 Å². The number of aliphatic hydroxyl groups is 20. The van der Waals surface area contributed by atoms with Gasteiger partial charge in [-0.3, -0.25) is 4.79 Å². The Labute approximate surface area is 655 Å². The predicted molar refractivity (Wildman–Crippen MR) is 369 cm³/mol. The number of aliphatic carboxylic acids is 1. The number of esters is 1. The Kier molecular flexibility index (Phi) is 26.2. The highest BCUT2D eigenvalue weighted by Crippen LogP contribution is 2.76. The van der Waals surface area contributed by atoms with Gasteiger partial charge in [-0.1, -0.05) is 53.2 Å². The molecule has 46 atom stereocenters. The molecule has 0 radical (unpaired) electrons. The van der Waals surface area contributed by atoms with Crippen molar-refractivity contribution in [3.05, 3.63) is 11.6 Å². The third kappa shape index (κ3) is 15.4. The first kappa shape index (κ1) is 88.7. The SMILES string of the molecule is CC1OC(OC(=O)C23CCC(C)(C)CC2C2=CCC4C5(C)CCC(OC6OC(C(=O)O)C(O)C(OC7OCC(O)C(O)C7O)C6OC6OC(CO)C(O)C(O)C6O)C(C)(C=O)C5CCC4(C)C2(C)CC3O)C(OC2OC(C)C(OC3OCC(O)C(OC4OCC(OC5OCC(O)C(O)C5O)C(O)C4O)C3O)C(O)C2O)C(O)C1O. The molecule has 40 heteroatoms. The van der Waals surface area contributed by atoms with Crippen LogP contribution in [0.1, 0.15) is 113 Å². The highest BCUT2D eigenvalue weighted by atomic mass is 16.8. The Morgan fingerprint density at radius 1 is 0.465 bits per heavy atom. The van der Waals surface area contributed by atoms with Gasteiger partial charge in [-0.25, -0.2) is 4.79 Å². The maximum Gasteiger partial charge on any atom is 0.335 e. The molecular weight excluding hydrogens is 1530 g/mol. The van der Waals surface area contributed by atoms with Gasteiger partial charge in [0.2, 0.25) is 6.29 Å². The first-order valence-corrected chi connectivity index (χ1v) is 39.3. The van der Waals surface area contributed by atoms with Crippen LogP contribution in [-0.4, -0.2) is 392 Å². The van der Waals surface area contributed by atoms with Crippen LogP contribution in [0.25, 0.3) is 0 Å². The highest BCUT2D eigenvalue weighted by Gasteiger charge is 2.73. The second-order valence-electron chi connectivity index (χ2n) is 35.5. The monoisotopic (exact) mass is 1640 g/mol. The van der Waals surface area contributed by atoms with Gasteiger partial charge in [0, 0.05) is 0 Å². The molecule has 0 aromatic carbocycles. The van der Waals surface area contributed by atoms with E-state index in [4.69, 9.17) is 75.8 Å². The maximum atomic E-state index is 15.8. The van der Waals surface area contributed by atoms with Crippen molar-refractivity contribution >= 4 is 18.2 Å². The third-order valence-corrected chi connectivity index (χ3v) is 28.2. The van der Waals surface area contributed by atoms with E-state index in [1.165, 1.54) is 13.8 Å². The number of aliphatic hydroxyl groups excluding tert-OH is 20. The number of ether oxygens (including phenoxy) is 16. The number of hydrogen-bond acceptors (Lipinski definition) is 39. The summed E-state index contributed by atoms with van der Waals surface area (Å²) in [4.78, 5) is 43.1. The molecule has 46 unspecified atom stereocenters. The largest absolute Gasteiger partial charge is 0.479 e. The van der Waals surface area contributed by atoms with Crippen molar-refractivity contribution in [2.24, 2.45) is 50.2 Å². The van der Waals surface area contributed by atoms with Gasteiger partial charge in [0.15, 0.2) is 56.2 Å². The topological polar surface area (TPSA) is 624 Å². The Morgan fingerprint density at radius 2 is 1.00 bits per heavy atom. The summed E-state index contributed by atoms with van der Waals surface area (Å²) in [6.45, 7) is 11.9.